The van der Waals surface area contributed by atoms with Crippen molar-refractivity contribution in [3.05, 3.63) is 0 Å². The highest BCUT2D eigenvalue weighted by Crippen LogP contribution is 2.40. The molecule has 0 aliphatic carbocycles. The Morgan fingerprint density at radius 3 is 2.18 bits per heavy atom. The summed E-state index contributed by atoms with van der Waals surface area (Å²) >= 11 is 0. The van der Waals surface area contributed by atoms with E-state index in [1.807, 2.05) is 13.8 Å². The monoisotopic (exact) mass is 244 g/mol. The molecule has 1 aliphatic rings. The quantitative estimate of drug-likeness (QED) is 0.744. The Balaban J connectivity index is 2.68. The van der Waals surface area contributed by atoms with Crippen LogP contribution in [0.3, 0.4) is 0 Å². The molecule has 0 aromatic rings. The van der Waals surface area contributed by atoms with Crippen molar-refractivity contribution in [2.75, 3.05) is 6.61 Å². The highest BCUT2D eigenvalue weighted by Gasteiger charge is 2.49. The summed E-state index contributed by atoms with van der Waals surface area (Å²) in [6.45, 7) is 15.4. The summed E-state index contributed by atoms with van der Waals surface area (Å²) in [6, 6.07) is 0. The number of hydrogen-bond acceptors (Lipinski definition) is 3. The van der Waals surface area contributed by atoms with Crippen molar-refractivity contribution in [3.63, 3.8) is 0 Å². The minimum atomic E-state index is 0.0370. The van der Waals surface area contributed by atoms with E-state index in [2.05, 4.69) is 34.6 Å². The topological polar surface area (TPSA) is 27.7 Å². The van der Waals surface area contributed by atoms with E-state index < -0.39 is 0 Å². The third-order valence-electron chi connectivity index (χ3n) is 3.51. The lowest BCUT2D eigenvalue weighted by molar-refractivity contribution is -0.0934. The molecule has 3 heteroatoms. The summed E-state index contributed by atoms with van der Waals surface area (Å²) in [5.41, 5.74) is 0.0370. The second-order valence-corrected chi connectivity index (χ2v) is 6.13. The van der Waals surface area contributed by atoms with Crippen LogP contribution < -0.4 is 0 Å². The van der Waals surface area contributed by atoms with Crippen LogP contribution in [-0.4, -0.2) is 37.1 Å². The summed E-state index contributed by atoms with van der Waals surface area (Å²) < 4.78 is 17.7. The number of rotatable bonds is 5. The lowest BCUT2D eigenvalue weighted by atomic mass is 9.82. The molecule has 102 valence electrons. The summed E-state index contributed by atoms with van der Waals surface area (Å²) in [4.78, 5) is 0. The molecule has 0 aromatic heterocycles. The molecule has 17 heavy (non-hydrogen) atoms. The highest BCUT2D eigenvalue weighted by atomic mass is 16.6. The predicted molar refractivity (Wildman–Crippen MR) is 69.2 cm³/mol. The van der Waals surface area contributed by atoms with Gasteiger partial charge in [-0.3, -0.25) is 0 Å². The first-order valence-electron chi connectivity index (χ1n) is 6.67. The summed E-state index contributed by atoms with van der Waals surface area (Å²) in [7, 11) is 0. The molecular weight excluding hydrogens is 216 g/mol. The molecule has 1 saturated heterocycles. The van der Waals surface area contributed by atoms with Gasteiger partial charge in [0, 0.05) is 5.41 Å². The Morgan fingerprint density at radius 2 is 1.71 bits per heavy atom. The van der Waals surface area contributed by atoms with E-state index in [4.69, 9.17) is 14.2 Å². The molecule has 0 unspecified atom stereocenters. The van der Waals surface area contributed by atoms with Gasteiger partial charge in [0.05, 0.1) is 31.0 Å². The zero-order valence-corrected chi connectivity index (χ0v) is 12.3. The van der Waals surface area contributed by atoms with Crippen LogP contribution >= 0.6 is 0 Å². The van der Waals surface area contributed by atoms with Crippen LogP contribution in [0, 0.1) is 5.41 Å². The van der Waals surface area contributed by atoms with Gasteiger partial charge in [-0.25, -0.2) is 0 Å². The zero-order valence-electron chi connectivity index (χ0n) is 12.3. The molecule has 1 heterocycles. The second kappa shape index (κ2) is 5.68. The van der Waals surface area contributed by atoms with Crippen molar-refractivity contribution in [3.8, 4) is 0 Å². The molecule has 0 aromatic carbocycles. The summed E-state index contributed by atoms with van der Waals surface area (Å²) in [5, 5.41) is 0. The molecule has 0 N–H and O–H groups in total. The van der Waals surface area contributed by atoms with Crippen molar-refractivity contribution >= 4 is 0 Å². The van der Waals surface area contributed by atoms with Crippen LogP contribution in [0.2, 0.25) is 0 Å². The molecule has 1 aliphatic heterocycles. The molecule has 3 nitrogen and oxygen atoms in total. The van der Waals surface area contributed by atoms with Crippen LogP contribution in [0.1, 0.15) is 48.5 Å². The molecule has 0 saturated carbocycles. The second-order valence-electron chi connectivity index (χ2n) is 6.13. The molecule has 0 radical (unpaired) electrons. The van der Waals surface area contributed by atoms with Crippen LogP contribution in [-0.2, 0) is 14.2 Å². The Morgan fingerprint density at radius 1 is 1.12 bits per heavy atom. The third-order valence-corrected chi connectivity index (χ3v) is 3.51. The molecule has 1 rings (SSSR count). The predicted octanol–water partition coefficient (Wildman–Crippen LogP) is 3.02. The lowest BCUT2D eigenvalue weighted by Gasteiger charge is -2.31. The Labute approximate surface area is 106 Å². The van der Waals surface area contributed by atoms with E-state index in [0.717, 1.165) is 0 Å². The fraction of sp³-hybridized carbons (Fsp3) is 1.00. The van der Waals surface area contributed by atoms with E-state index in [9.17, 15) is 0 Å². The van der Waals surface area contributed by atoms with E-state index >= 15 is 0 Å². The van der Waals surface area contributed by atoms with E-state index in [1.165, 1.54) is 0 Å². The Hall–Kier alpha value is -0.120. The fourth-order valence-corrected chi connectivity index (χ4v) is 2.19. The van der Waals surface area contributed by atoms with Crippen molar-refractivity contribution < 1.29 is 14.2 Å². The van der Waals surface area contributed by atoms with Crippen LogP contribution in [0.5, 0.6) is 0 Å². The van der Waals surface area contributed by atoms with Gasteiger partial charge in [0.2, 0.25) is 0 Å². The van der Waals surface area contributed by atoms with Crippen molar-refractivity contribution in [2.45, 2.75) is 79.0 Å². The third kappa shape index (κ3) is 3.67. The zero-order chi connectivity index (χ0) is 13.2. The average molecular weight is 244 g/mol. The maximum atomic E-state index is 6.04. The first kappa shape index (κ1) is 14.9. The molecule has 1 fully saturated rings. The molecule has 0 bridgehead atoms. The molecular formula is C14H28O3. The first-order chi connectivity index (χ1) is 7.75. The maximum Gasteiger partial charge on any atom is 0.108 e. The molecule has 0 spiro atoms. The maximum absolute atomic E-state index is 6.04. The van der Waals surface area contributed by atoms with Gasteiger partial charge in [0.25, 0.3) is 0 Å². The highest BCUT2D eigenvalue weighted by molar-refractivity contribution is 4.96. The van der Waals surface area contributed by atoms with E-state index in [-0.39, 0.29) is 35.9 Å². The number of hydrogen-bond donors (Lipinski definition) is 0. The summed E-state index contributed by atoms with van der Waals surface area (Å²) in [6.07, 6.45) is 0.806. The van der Waals surface area contributed by atoms with Crippen LogP contribution in [0.4, 0.5) is 0 Å². The van der Waals surface area contributed by atoms with Crippen LogP contribution in [0.15, 0.2) is 0 Å². The van der Waals surface area contributed by atoms with Gasteiger partial charge in [0.15, 0.2) is 0 Å². The first-order valence-corrected chi connectivity index (χ1v) is 6.67. The van der Waals surface area contributed by atoms with Crippen LogP contribution in [0.25, 0.3) is 0 Å². The van der Waals surface area contributed by atoms with Crippen molar-refractivity contribution in [1.29, 1.82) is 0 Å². The SMILES string of the molecule is CC(C)OC[C@H]1O[C@@H](C)C(C)(C)[C@H]1OC(C)C. The normalized spacial score (nSPS) is 32.6. The molecule has 3 atom stereocenters. The van der Waals surface area contributed by atoms with E-state index in [1.54, 1.807) is 0 Å². The molecule has 0 amide bonds. The van der Waals surface area contributed by atoms with Gasteiger partial charge < -0.3 is 14.2 Å². The lowest BCUT2D eigenvalue weighted by Crippen LogP contribution is -2.40. The van der Waals surface area contributed by atoms with Gasteiger partial charge in [-0.2, -0.15) is 0 Å². The standard InChI is InChI=1S/C14H28O3/c1-9(2)15-8-12-13(16-10(3)4)14(6,7)11(5)17-12/h9-13H,8H2,1-7H3/t11-,12+,13-/m0/s1. The van der Waals surface area contributed by atoms with Gasteiger partial charge in [-0.15, -0.1) is 0 Å². The summed E-state index contributed by atoms with van der Waals surface area (Å²) in [5.74, 6) is 0. The minimum absolute atomic E-state index is 0.0370. The largest absolute Gasteiger partial charge is 0.376 e. The fourth-order valence-electron chi connectivity index (χ4n) is 2.19. The van der Waals surface area contributed by atoms with Gasteiger partial charge in [-0.05, 0) is 34.6 Å². The minimum Gasteiger partial charge on any atom is -0.376 e. The van der Waals surface area contributed by atoms with Crippen molar-refractivity contribution in [1.82, 2.24) is 0 Å². The number of ether oxygens (including phenoxy) is 3. The van der Waals surface area contributed by atoms with Gasteiger partial charge in [-0.1, -0.05) is 13.8 Å². The van der Waals surface area contributed by atoms with Crippen molar-refractivity contribution in [2.24, 2.45) is 5.41 Å². The smallest absolute Gasteiger partial charge is 0.108 e. The van der Waals surface area contributed by atoms with Gasteiger partial charge in [0.1, 0.15) is 6.10 Å². The van der Waals surface area contributed by atoms with E-state index in [0.29, 0.717) is 6.61 Å². The Bertz CT molecular complexity index is 236. The average Bonchev–Trinajstić information content (AvgIpc) is 2.38. The Kier molecular flexibility index (Phi) is 4.99. The van der Waals surface area contributed by atoms with Gasteiger partial charge >= 0.3 is 0 Å².